The van der Waals surface area contributed by atoms with Gasteiger partial charge in [-0.15, -0.1) is 0 Å². The maximum absolute atomic E-state index is 12.5. The van der Waals surface area contributed by atoms with Crippen molar-refractivity contribution in [3.8, 4) is 0 Å². The molecule has 1 aliphatic heterocycles. The van der Waals surface area contributed by atoms with E-state index in [9.17, 15) is 18.5 Å². The molecule has 0 aromatic heterocycles. The van der Waals surface area contributed by atoms with Gasteiger partial charge in [-0.1, -0.05) is 24.6 Å². The molecule has 1 heterocycles. The van der Waals surface area contributed by atoms with Gasteiger partial charge in [0.05, 0.1) is 9.82 Å². The Labute approximate surface area is 129 Å². The van der Waals surface area contributed by atoms with Gasteiger partial charge in [0.15, 0.2) is 0 Å². The van der Waals surface area contributed by atoms with E-state index in [4.69, 9.17) is 0 Å². The molecular formula is C14H19N3O4S. The first-order valence-corrected chi connectivity index (χ1v) is 8.58. The summed E-state index contributed by atoms with van der Waals surface area (Å²) in [5, 5.41) is 14.0. The maximum atomic E-state index is 12.5. The number of nitro benzene ring substituents is 1. The Morgan fingerprint density at radius 2 is 2.18 bits per heavy atom. The van der Waals surface area contributed by atoms with Gasteiger partial charge in [0.1, 0.15) is 0 Å². The molecule has 22 heavy (non-hydrogen) atoms. The van der Waals surface area contributed by atoms with Crippen molar-refractivity contribution < 1.29 is 13.3 Å². The number of rotatable bonds is 6. The molecule has 0 atom stereocenters. The molecule has 0 aliphatic carbocycles. The second-order valence-corrected chi connectivity index (χ2v) is 6.78. The zero-order valence-electron chi connectivity index (χ0n) is 12.3. The van der Waals surface area contributed by atoms with E-state index < -0.39 is 14.9 Å². The fraction of sp³-hybridized carbons (Fsp3) is 0.429. The second kappa shape index (κ2) is 6.99. The molecule has 1 aromatic rings. The summed E-state index contributed by atoms with van der Waals surface area (Å²) in [6, 6.07) is 3.95. The first-order valence-electron chi connectivity index (χ1n) is 7.09. The molecule has 2 rings (SSSR count). The number of hydrogen-bond donors (Lipinski definition) is 2. The Balaban J connectivity index is 2.25. The van der Waals surface area contributed by atoms with Crippen LogP contribution in [0.4, 0.5) is 5.69 Å². The molecule has 0 spiro atoms. The fourth-order valence-electron chi connectivity index (χ4n) is 2.29. The first-order chi connectivity index (χ1) is 10.4. The molecular weight excluding hydrogens is 306 g/mol. The Morgan fingerprint density at radius 1 is 1.41 bits per heavy atom. The molecule has 0 radical (unpaired) electrons. The molecule has 1 aliphatic rings. The number of hydrogen-bond acceptors (Lipinski definition) is 5. The van der Waals surface area contributed by atoms with Gasteiger partial charge in [-0.3, -0.25) is 10.1 Å². The lowest BCUT2D eigenvalue weighted by Crippen LogP contribution is -2.30. The van der Waals surface area contributed by atoms with Crippen LogP contribution in [0.5, 0.6) is 0 Å². The molecule has 0 bridgehead atoms. The molecule has 8 heteroatoms. The lowest BCUT2D eigenvalue weighted by molar-refractivity contribution is -0.385. The van der Waals surface area contributed by atoms with E-state index in [2.05, 4.69) is 10.0 Å². The SMILES string of the molecule is CCc1ccc([N+](=O)[O-])cc1S(=O)(=O)NCC1=CCNCC1. The van der Waals surface area contributed by atoms with Crippen LogP contribution in [0.3, 0.4) is 0 Å². The van der Waals surface area contributed by atoms with Crippen LogP contribution >= 0.6 is 0 Å². The summed E-state index contributed by atoms with van der Waals surface area (Å²) in [5.41, 5.74) is 1.36. The van der Waals surface area contributed by atoms with Crippen LogP contribution < -0.4 is 10.0 Å². The van der Waals surface area contributed by atoms with Crippen molar-refractivity contribution in [1.82, 2.24) is 10.0 Å². The third kappa shape index (κ3) is 3.90. The number of nitrogens with zero attached hydrogens (tertiary/aromatic N) is 1. The van der Waals surface area contributed by atoms with Gasteiger partial charge >= 0.3 is 0 Å². The molecule has 0 saturated carbocycles. The minimum atomic E-state index is -3.77. The average Bonchev–Trinajstić information content (AvgIpc) is 2.53. The zero-order valence-corrected chi connectivity index (χ0v) is 13.1. The molecule has 120 valence electrons. The summed E-state index contributed by atoms with van der Waals surface area (Å²) >= 11 is 0. The van der Waals surface area contributed by atoms with Crippen molar-refractivity contribution >= 4 is 15.7 Å². The second-order valence-electron chi connectivity index (χ2n) is 5.04. The standard InChI is InChI=1S/C14H19N3O4S/c1-2-12-3-4-13(17(18)19)9-14(12)22(20,21)16-10-11-5-7-15-8-6-11/h3-5,9,15-16H,2,6-8,10H2,1H3. The van der Waals surface area contributed by atoms with Crippen molar-refractivity contribution in [3.05, 3.63) is 45.5 Å². The predicted octanol–water partition coefficient (Wildman–Crippen LogP) is 1.36. The predicted molar refractivity (Wildman–Crippen MR) is 83.2 cm³/mol. The Kier molecular flexibility index (Phi) is 5.28. The van der Waals surface area contributed by atoms with Crippen LogP contribution in [0.2, 0.25) is 0 Å². The van der Waals surface area contributed by atoms with Gasteiger partial charge in [-0.2, -0.15) is 0 Å². The summed E-state index contributed by atoms with van der Waals surface area (Å²) in [7, 11) is -3.77. The normalized spacial score (nSPS) is 15.4. The molecule has 0 amide bonds. The zero-order chi connectivity index (χ0) is 16.2. The smallest absolute Gasteiger partial charge is 0.270 e. The quantitative estimate of drug-likeness (QED) is 0.467. The maximum Gasteiger partial charge on any atom is 0.270 e. The van der Waals surface area contributed by atoms with Crippen molar-refractivity contribution in [2.75, 3.05) is 19.6 Å². The van der Waals surface area contributed by atoms with E-state index in [0.29, 0.717) is 12.0 Å². The Hall–Kier alpha value is -1.77. The van der Waals surface area contributed by atoms with E-state index in [1.165, 1.54) is 12.1 Å². The average molecular weight is 325 g/mol. The highest BCUT2D eigenvalue weighted by Gasteiger charge is 2.21. The summed E-state index contributed by atoms with van der Waals surface area (Å²) in [4.78, 5) is 10.3. The highest BCUT2D eigenvalue weighted by Crippen LogP contribution is 2.23. The van der Waals surface area contributed by atoms with Gasteiger partial charge in [-0.05, 0) is 24.9 Å². The highest BCUT2D eigenvalue weighted by molar-refractivity contribution is 7.89. The van der Waals surface area contributed by atoms with Crippen LogP contribution in [-0.2, 0) is 16.4 Å². The van der Waals surface area contributed by atoms with Gasteiger partial charge in [-0.25, -0.2) is 13.1 Å². The van der Waals surface area contributed by atoms with Gasteiger partial charge < -0.3 is 5.32 Å². The van der Waals surface area contributed by atoms with Crippen LogP contribution in [0, 0.1) is 10.1 Å². The third-order valence-corrected chi connectivity index (χ3v) is 5.06. The lowest BCUT2D eigenvalue weighted by Gasteiger charge is -2.15. The first kappa shape index (κ1) is 16.6. The van der Waals surface area contributed by atoms with Gasteiger partial charge in [0.2, 0.25) is 10.0 Å². The lowest BCUT2D eigenvalue weighted by atomic mass is 10.1. The van der Waals surface area contributed by atoms with E-state index in [-0.39, 0.29) is 17.1 Å². The molecule has 2 N–H and O–H groups in total. The summed E-state index contributed by atoms with van der Waals surface area (Å²) in [5.74, 6) is 0. The van der Waals surface area contributed by atoms with Crippen molar-refractivity contribution in [2.45, 2.75) is 24.7 Å². The molecule has 1 aromatic carbocycles. The fourth-order valence-corrected chi connectivity index (χ4v) is 3.66. The van der Waals surface area contributed by atoms with Gasteiger partial charge in [0, 0.05) is 25.2 Å². The van der Waals surface area contributed by atoms with Gasteiger partial charge in [0.25, 0.3) is 5.69 Å². The van der Waals surface area contributed by atoms with Crippen LogP contribution in [0.1, 0.15) is 18.9 Å². The van der Waals surface area contributed by atoms with Crippen LogP contribution in [0.15, 0.2) is 34.7 Å². The van der Waals surface area contributed by atoms with E-state index in [1.807, 2.05) is 13.0 Å². The monoisotopic (exact) mass is 325 g/mol. The number of nitrogens with one attached hydrogen (secondary N) is 2. The minimum absolute atomic E-state index is 0.0151. The largest absolute Gasteiger partial charge is 0.313 e. The summed E-state index contributed by atoms with van der Waals surface area (Å²) in [6.45, 7) is 3.60. The third-order valence-electron chi connectivity index (χ3n) is 3.58. The van der Waals surface area contributed by atoms with Crippen molar-refractivity contribution in [2.24, 2.45) is 0 Å². The minimum Gasteiger partial charge on any atom is -0.313 e. The Bertz CT molecular complexity index is 698. The van der Waals surface area contributed by atoms with E-state index >= 15 is 0 Å². The summed E-state index contributed by atoms with van der Waals surface area (Å²) < 4.78 is 27.4. The number of nitro groups is 1. The molecule has 7 nitrogen and oxygen atoms in total. The van der Waals surface area contributed by atoms with E-state index in [1.54, 1.807) is 0 Å². The van der Waals surface area contributed by atoms with Crippen LogP contribution in [0.25, 0.3) is 0 Å². The molecule has 0 unspecified atom stereocenters. The number of sulfonamides is 1. The summed E-state index contributed by atoms with van der Waals surface area (Å²) in [6.07, 6.45) is 3.24. The van der Waals surface area contributed by atoms with E-state index in [0.717, 1.165) is 31.1 Å². The van der Waals surface area contributed by atoms with Crippen molar-refractivity contribution in [1.29, 1.82) is 0 Å². The topological polar surface area (TPSA) is 101 Å². The molecule has 0 saturated heterocycles. The van der Waals surface area contributed by atoms with Crippen molar-refractivity contribution in [3.63, 3.8) is 0 Å². The highest BCUT2D eigenvalue weighted by atomic mass is 32.2. The number of non-ortho nitro benzene ring substituents is 1. The Morgan fingerprint density at radius 3 is 2.77 bits per heavy atom. The number of aryl methyl sites for hydroxylation is 1. The van der Waals surface area contributed by atoms with Crippen LogP contribution in [-0.4, -0.2) is 33.0 Å². The molecule has 0 fully saturated rings. The number of benzene rings is 1.